The molecule has 1 heterocycles. The van der Waals surface area contributed by atoms with E-state index in [4.69, 9.17) is 0 Å². The van der Waals surface area contributed by atoms with Crippen LogP contribution in [-0.4, -0.2) is 9.52 Å². The number of fused-ring (bicyclic) bond motifs is 5. The Labute approximate surface area is 357 Å². The summed E-state index contributed by atoms with van der Waals surface area (Å²) >= 11 is -5.60. The SMILES string of the molecule is CCC1=Cc2c(ccc(C(C)CC)c2-c2ccccc2)[CH]1[Zr]([Cl])([Cl])([c]1cccc2c1[SiH2]c1ccccc1-2)[CH]1C(CC)=Cc2c1ccc(C(C)CC)c2-c1ccccc1. The van der Waals surface area contributed by atoms with Crippen molar-refractivity contribution in [2.75, 3.05) is 0 Å². The summed E-state index contributed by atoms with van der Waals surface area (Å²) < 4.78 is 1.14. The van der Waals surface area contributed by atoms with Gasteiger partial charge in [-0.1, -0.05) is 0 Å². The van der Waals surface area contributed by atoms with Crippen LogP contribution in [0.3, 0.4) is 0 Å². The van der Waals surface area contributed by atoms with Crippen LogP contribution in [0.5, 0.6) is 0 Å². The normalized spacial score (nSPS) is 18.7. The Bertz CT molecular complexity index is 2490. The Hall–Kier alpha value is -3.52. The minimum atomic E-state index is -5.60. The molecule has 0 spiro atoms. The first-order valence-corrected chi connectivity index (χ1v) is 33.6. The average Bonchev–Trinajstić information content (AvgIpc) is 3.98. The molecule has 0 fully saturated rings. The van der Waals surface area contributed by atoms with Gasteiger partial charge in [-0.3, -0.25) is 0 Å². The Morgan fingerprint density at radius 3 is 1.48 bits per heavy atom. The van der Waals surface area contributed by atoms with Crippen molar-refractivity contribution in [2.45, 2.75) is 86.3 Å². The Morgan fingerprint density at radius 1 is 0.534 bits per heavy atom. The first kappa shape index (κ1) is 39.9. The van der Waals surface area contributed by atoms with Crippen LogP contribution in [0, 0.1) is 0 Å². The third-order valence-corrected chi connectivity index (χ3v) is 37.1. The van der Waals surface area contributed by atoms with Crippen molar-refractivity contribution in [3.8, 4) is 33.4 Å². The molecule has 2 aliphatic carbocycles. The molecule has 0 radical (unpaired) electrons. The summed E-state index contributed by atoms with van der Waals surface area (Å²) in [4.78, 5) is 0. The van der Waals surface area contributed by atoms with Crippen molar-refractivity contribution in [3.05, 3.63) is 172 Å². The summed E-state index contributed by atoms with van der Waals surface area (Å²) in [5.41, 5.74) is 18.9. The van der Waals surface area contributed by atoms with E-state index in [1.807, 2.05) is 0 Å². The van der Waals surface area contributed by atoms with Crippen LogP contribution in [0.15, 0.2) is 139 Å². The van der Waals surface area contributed by atoms with Gasteiger partial charge >= 0.3 is 360 Å². The summed E-state index contributed by atoms with van der Waals surface area (Å²) in [6.07, 6.45) is 9.02. The van der Waals surface area contributed by atoms with Crippen molar-refractivity contribution in [1.29, 1.82) is 0 Å². The van der Waals surface area contributed by atoms with Crippen LogP contribution in [0.2, 0.25) is 0 Å². The minimum absolute atomic E-state index is 0.0808. The number of halogens is 2. The van der Waals surface area contributed by atoms with E-state index in [0.717, 1.165) is 25.7 Å². The van der Waals surface area contributed by atoms with Gasteiger partial charge in [-0.25, -0.2) is 0 Å². The number of hydrogen-bond acceptors (Lipinski definition) is 0. The zero-order valence-corrected chi connectivity index (χ0v) is 40.3. The molecule has 3 aliphatic rings. The van der Waals surface area contributed by atoms with E-state index in [2.05, 4.69) is 181 Å². The summed E-state index contributed by atoms with van der Waals surface area (Å²) in [7, 11) is 17.8. The van der Waals surface area contributed by atoms with Gasteiger partial charge in [-0.05, 0) is 0 Å². The molecular weight excluding hydrogens is 839 g/mol. The Morgan fingerprint density at radius 2 is 1.00 bits per heavy atom. The van der Waals surface area contributed by atoms with Crippen LogP contribution in [0.1, 0.15) is 120 Å². The van der Waals surface area contributed by atoms with E-state index < -0.39 is 25.9 Å². The summed E-state index contributed by atoms with van der Waals surface area (Å²) in [5.74, 6) is 0.836. The molecule has 4 heteroatoms. The van der Waals surface area contributed by atoms with Gasteiger partial charge in [0.05, 0.1) is 0 Å². The monoisotopic (exact) mass is 891 g/mol. The van der Waals surface area contributed by atoms with E-state index in [1.165, 1.54) is 91.6 Å². The molecule has 0 N–H and O–H groups in total. The van der Waals surface area contributed by atoms with Crippen LogP contribution >= 0.6 is 17.0 Å². The van der Waals surface area contributed by atoms with E-state index in [9.17, 15) is 17.0 Å². The number of allylic oxidation sites excluding steroid dienone is 2. The zero-order chi connectivity index (χ0) is 40.4. The molecule has 0 aromatic heterocycles. The Kier molecular flexibility index (Phi) is 10.7. The topological polar surface area (TPSA) is 0 Å². The average molecular weight is 894 g/mol. The molecule has 9 rings (SSSR count). The quantitative estimate of drug-likeness (QED) is 0.114. The third-order valence-electron chi connectivity index (χ3n) is 14.3. The van der Waals surface area contributed by atoms with E-state index >= 15 is 0 Å². The van der Waals surface area contributed by atoms with Gasteiger partial charge in [0.15, 0.2) is 0 Å². The summed E-state index contributed by atoms with van der Waals surface area (Å²) in [6, 6.07) is 48.0. The molecule has 4 unspecified atom stereocenters. The first-order valence-electron chi connectivity index (χ1n) is 21.8. The molecule has 0 saturated heterocycles. The maximum atomic E-state index is 9.33. The van der Waals surface area contributed by atoms with Crippen LogP contribution in [0.4, 0.5) is 0 Å². The van der Waals surface area contributed by atoms with Gasteiger partial charge in [0, 0.05) is 0 Å². The molecule has 0 nitrogen and oxygen atoms in total. The number of hydrogen-bond donors (Lipinski definition) is 0. The predicted octanol–water partition coefficient (Wildman–Crippen LogP) is 13.9. The zero-order valence-electron chi connectivity index (χ0n) is 34.9. The van der Waals surface area contributed by atoms with E-state index in [-0.39, 0.29) is 7.25 Å². The fourth-order valence-electron chi connectivity index (χ4n) is 11.1. The second kappa shape index (κ2) is 15.5. The molecule has 0 bridgehead atoms. The van der Waals surface area contributed by atoms with Crippen LogP contribution in [0.25, 0.3) is 45.5 Å². The predicted molar refractivity (Wildman–Crippen MR) is 254 cm³/mol. The molecule has 293 valence electrons. The summed E-state index contributed by atoms with van der Waals surface area (Å²) in [6.45, 7) is 14.0. The molecular formula is C54H55Cl2SiZr. The second-order valence-corrected chi connectivity index (χ2v) is 39.7. The maximum absolute atomic E-state index is 9.33. The third kappa shape index (κ3) is 6.06. The van der Waals surface area contributed by atoms with Gasteiger partial charge in [-0.15, -0.1) is 0 Å². The number of benzene rings is 6. The van der Waals surface area contributed by atoms with Crippen molar-refractivity contribution in [2.24, 2.45) is 0 Å². The van der Waals surface area contributed by atoms with Crippen LogP contribution in [-0.2, 0) is 16.4 Å². The first-order chi connectivity index (χ1) is 28.1. The Balaban J connectivity index is 1.39. The van der Waals surface area contributed by atoms with Crippen molar-refractivity contribution >= 4 is 52.3 Å². The van der Waals surface area contributed by atoms with E-state index in [0.29, 0.717) is 11.8 Å². The van der Waals surface area contributed by atoms with Crippen molar-refractivity contribution in [3.63, 3.8) is 0 Å². The fourth-order valence-corrected chi connectivity index (χ4v) is 39.4. The van der Waals surface area contributed by atoms with Gasteiger partial charge in [0.25, 0.3) is 0 Å². The molecule has 0 amide bonds. The van der Waals surface area contributed by atoms with Gasteiger partial charge in [0.2, 0.25) is 0 Å². The molecule has 0 saturated carbocycles. The molecule has 4 atom stereocenters. The number of rotatable bonds is 11. The van der Waals surface area contributed by atoms with Crippen LogP contribution < -0.4 is 13.6 Å². The summed E-state index contributed by atoms with van der Waals surface area (Å²) in [5, 5.41) is 2.98. The second-order valence-electron chi connectivity index (χ2n) is 17.2. The molecule has 6 aromatic rings. The van der Waals surface area contributed by atoms with Gasteiger partial charge in [0.1, 0.15) is 0 Å². The van der Waals surface area contributed by atoms with Crippen molar-refractivity contribution < 1.29 is 16.4 Å². The van der Waals surface area contributed by atoms with Gasteiger partial charge in [-0.2, -0.15) is 0 Å². The standard InChI is InChI=1S/2C21H23.C12H9Si.2ClH.Zr/c2*1-4-15(3)19-12-11-18-13-16(5-2)14-20(18)21(19)17-9-7-6-8-10-17;1-3-7-11-9(5-1)10-6-2-4-8-12(10)13-11;;;/h2*6-15H,4-5H2,1-3H3;1-7H,13H2;2*1H;/q;;;;;+2/p-2. The molecule has 1 aliphatic heterocycles. The fraction of sp³-hybridized carbons (Fsp3) is 0.259. The molecule has 6 aromatic carbocycles. The van der Waals surface area contributed by atoms with E-state index in [1.54, 1.807) is 0 Å². The van der Waals surface area contributed by atoms with Gasteiger partial charge < -0.3 is 0 Å². The molecule has 58 heavy (non-hydrogen) atoms. The van der Waals surface area contributed by atoms with Crippen molar-refractivity contribution in [1.82, 2.24) is 0 Å².